The number of para-hydroxylation sites is 3. The first-order valence-electron chi connectivity index (χ1n) is 19.8. The van der Waals surface area contributed by atoms with Gasteiger partial charge in [-0.25, -0.2) is 0 Å². The lowest BCUT2D eigenvalue weighted by Crippen LogP contribution is -2.45. The van der Waals surface area contributed by atoms with Gasteiger partial charge in [-0.2, -0.15) is 0 Å². The fraction of sp³-hybridized carbons (Fsp3) is 0.216. The fourth-order valence-electron chi connectivity index (χ4n) is 10.1. The maximum atomic E-state index is 7.03. The number of benzene rings is 7. The van der Waals surface area contributed by atoms with Gasteiger partial charge in [-0.3, -0.25) is 0 Å². The molecular formula is C51H44BN2O. The quantitative estimate of drug-likeness (QED) is 0.185. The zero-order valence-corrected chi connectivity index (χ0v) is 32.5. The van der Waals surface area contributed by atoms with Crippen LogP contribution in [0.2, 0.25) is 0 Å². The average Bonchev–Trinajstić information content (AvgIpc) is 3.55. The summed E-state index contributed by atoms with van der Waals surface area (Å²) in [5, 5.41) is 8.72. The number of rotatable bonds is 3. The Bertz CT molecular complexity index is 2910. The van der Waals surface area contributed by atoms with Gasteiger partial charge in [0.05, 0.1) is 5.69 Å². The molecule has 0 unspecified atom stereocenters. The first-order chi connectivity index (χ1) is 26.5. The summed E-state index contributed by atoms with van der Waals surface area (Å²) in [5.41, 5.74) is 17.8. The number of fused-ring (bicyclic) bond motifs is 9. The molecular weight excluding hydrogens is 667 g/mol. The van der Waals surface area contributed by atoms with Crippen LogP contribution in [0.1, 0.15) is 76.6 Å². The van der Waals surface area contributed by atoms with Crippen molar-refractivity contribution in [1.29, 1.82) is 0 Å². The van der Waals surface area contributed by atoms with Crippen molar-refractivity contribution in [2.45, 2.75) is 70.6 Å². The van der Waals surface area contributed by atoms with Crippen molar-refractivity contribution in [3.8, 4) is 11.1 Å². The fourth-order valence-corrected chi connectivity index (χ4v) is 10.1. The Balaban J connectivity index is 1.28. The van der Waals surface area contributed by atoms with Crippen molar-refractivity contribution >= 4 is 79.4 Å². The highest BCUT2D eigenvalue weighted by atomic mass is 16.3. The van der Waals surface area contributed by atoms with Crippen LogP contribution in [0.3, 0.4) is 0 Å². The summed E-state index contributed by atoms with van der Waals surface area (Å²) < 4.78 is 7.03. The Hall–Kier alpha value is -5.74. The van der Waals surface area contributed by atoms with Crippen LogP contribution in [0.5, 0.6) is 0 Å². The lowest BCUT2D eigenvalue weighted by molar-refractivity contribution is 0.332. The van der Waals surface area contributed by atoms with Crippen LogP contribution in [0.4, 0.5) is 28.4 Å². The molecule has 0 bridgehead atoms. The minimum atomic E-state index is -0.189. The van der Waals surface area contributed by atoms with Gasteiger partial charge in [-0.05, 0) is 111 Å². The van der Waals surface area contributed by atoms with Gasteiger partial charge in [0.1, 0.15) is 11.2 Å². The zero-order valence-electron chi connectivity index (χ0n) is 32.5. The highest BCUT2D eigenvalue weighted by molar-refractivity contribution is 6.74. The first-order valence-corrected chi connectivity index (χ1v) is 19.8. The SMILES string of the molecule is CC1(C)CCC(C)(C)c2cc(-c3c4c(cc5c3oc3ccccc35)N3c5cc6ccccc6cc5C(C)(C)c5cccc(c53)[B]4)c(Nc3ccccc3)cc21. The molecule has 3 nitrogen and oxygen atoms in total. The Morgan fingerprint density at radius 2 is 1.29 bits per heavy atom. The van der Waals surface area contributed by atoms with E-state index in [0.717, 1.165) is 51.7 Å². The summed E-state index contributed by atoms with van der Waals surface area (Å²) in [5.74, 6) is 0. The summed E-state index contributed by atoms with van der Waals surface area (Å²) in [7, 11) is 2.44. The van der Waals surface area contributed by atoms with Gasteiger partial charge >= 0.3 is 0 Å². The molecule has 0 saturated carbocycles. The molecule has 1 radical (unpaired) electrons. The average molecular weight is 712 g/mol. The van der Waals surface area contributed by atoms with Gasteiger partial charge in [-0.15, -0.1) is 0 Å². The lowest BCUT2D eigenvalue weighted by Gasteiger charge is -2.46. The Morgan fingerprint density at radius 3 is 2.07 bits per heavy atom. The van der Waals surface area contributed by atoms with Crippen molar-refractivity contribution < 1.29 is 4.42 Å². The molecule has 55 heavy (non-hydrogen) atoms. The first kappa shape index (κ1) is 32.7. The van der Waals surface area contributed by atoms with E-state index in [1.807, 2.05) is 0 Å². The summed E-state index contributed by atoms with van der Waals surface area (Å²) in [4.78, 5) is 2.58. The molecule has 8 aromatic rings. The van der Waals surface area contributed by atoms with E-state index in [2.05, 4.69) is 186 Å². The van der Waals surface area contributed by atoms with Gasteiger partial charge in [0.25, 0.3) is 0 Å². The summed E-state index contributed by atoms with van der Waals surface area (Å²) >= 11 is 0. The second kappa shape index (κ2) is 11.2. The highest BCUT2D eigenvalue weighted by Crippen LogP contribution is 2.55. The van der Waals surface area contributed by atoms with E-state index in [4.69, 9.17) is 4.42 Å². The minimum absolute atomic E-state index is 0.0242. The van der Waals surface area contributed by atoms with Crippen LogP contribution in [0.25, 0.3) is 43.8 Å². The third-order valence-corrected chi connectivity index (χ3v) is 13.3. The smallest absolute Gasteiger partial charge is 0.198 e. The predicted octanol–water partition coefficient (Wildman–Crippen LogP) is 12.6. The number of anilines is 5. The minimum Gasteiger partial charge on any atom is -0.455 e. The van der Waals surface area contributed by atoms with E-state index in [1.54, 1.807) is 0 Å². The van der Waals surface area contributed by atoms with Crippen molar-refractivity contribution in [3.05, 3.63) is 150 Å². The number of hydrogen-bond acceptors (Lipinski definition) is 3. The molecule has 2 aliphatic heterocycles. The second-order valence-corrected chi connectivity index (χ2v) is 17.9. The van der Waals surface area contributed by atoms with Crippen molar-refractivity contribution in [3.63, 3.8) is 0 Å². The van der Waals surface area contributed by atoms with Crippen LogP contribution in [-0.2, 0) is 16.2 Å². The molecule has 7 aromatic carbocycles. The predicted molar refractivity (Wildman–Crippen MR) is 234 cm³/mol. The Labute approximate surface area is 324 Å². The molecule has 267 valence electrons. The standard InChI is InChI=1S/C51H44BN2O/c1-49(2)23-24-50(3,4)38-29-41(53-32-17-8-7-9-18-32)35(27-37(38)49)45-46-43(28-34-33-19-12-13-22-44(33)55-48(34)45)54-42-26-31-16-11-10-15-30(31)25-39(42)51(5,6)36-20-14-21-40(52-46)47(36)54/h7-22,25-29,53H,23-24H2,1-6H3. The van der Waals surface area contributed by atoms with Gasteiger partial charge in [0.2, 0.25) is 0 Å². The molecule has 0 amide bonds. The summed E-state index contributed by atoms with van der Waals surface area (Å²) in [6.45, 7) is 14.4. The highest BCUT2D eigenvalue weighted by Gasteiger charge is 2.43. The van der Waals surface area contributed by atoms with E-state index < -0.39 is 0 Å². The second-order valence-electron chi connectivity index (χ2n) is 17.9. The van der Waals surface area contributed by atoms with Crippen LogP contribution >= 0.6 is 0 Å². The maximum absolute atomic E-state index is 7.03. The van der Waals surface area contributed by atoms with Gasteiger partial charge in [0.15, 0.2) is 7.28 Å². The molecule has 0 spiro atoms. The van der Waals surface area contributed by atoms with E-state index in [-0.39, 0.29) is 16.2 Å². The van der Waals surface area contributed by atoms with Crippen LogP contribution in [-0.4, -0.2) is 7.28 Å². The monoisotopic (exact) mass is 711 g/mol. The van der Waals surface area contributed by atoms with Crippen LogP contribution in [0, 0.1) is 0 Å². The van der Waals surface area contributed by atoms with Gasteiger partial charge < -0.3 is 14.6 Å². The molecule has 11 rings (SSSR count). The number of hydrogen-bond donors (Lipinski definition) is 1. The molecule has 0 fully saturated rings. The van der Waals surface area contributed by atoms with Crippen molar-refractivity contribution in [2.75, 3.05) is 10.2 Å². The molecule has 0 atom stereocenters. The van der Waals surface area contributed by atoms with Crippen LogP contribution < -0.4 is 21.1 Å². The number of nitrogens with zero attached hydrogens (tertiary/aromatic N) is 1. The normalized spacial score (nSPS) is 16.9. The summed E-state index contributed by atoms with van der Waals surface area (Å²) in [6, 6.07) is 47.1. The molecule has 3 aliphatic rings. The summed E-state index contributed by atoms with van der Waals surface area (Å²) in [6.07, 6.45) is 2.29. The third-order valence-electron chi connectivity index (χ3n) is 13.3. The molecule has 4 heteroatoms. The maximum Gasteiger partial charge on any atom is 0.198 e. The Morgan fingerprint density at radius 1 is 0.600 bits per heavy atom. The molecule has 3 heterocycles. The zero-order chi connectivity index (χ0) is 37.4. The number of furan rings is 1. The van der Waals surface area contributed by atoms with Crippen LogP contribution in [0.15, 0.2) is 132 Å². The van der Waals surface area contributed by atoms with Gasteiger partial charge in [0, 0.05) is 50.1 Å². The number of nitrogens with one attached hydrogen (secondary N) is 1. The van der Waals surface area contributed by atoms with E-state index in [0.29, 0.717) is 0 Å². The lowest BCUT2D eigenvalue weighted by atomic mass is 9.55. The topological polar surface area (TPSA) is 28.4 Å². The molecule has 1 N–H and O–H groups in total. The van der Waals surface area contributed by atoms with Crippen molar-refractivity contribution in [1.82, 2.24) is 0 Å². The van der Waals surface area contributed by atoms with E-state index in [1.165, 1.54) is 66.6 Å². The molecule has 1 aromatic heterocycles. The van der Waals surface area contributed by atoms with E-state index >= 15 is 0 Å². The molecule has 1 aliphatic carbocycles. The van der Waals surface area contributed by atoms with Crippen molar-refractivity contribution in [2.24, 2.45) is 0 Å². The third kappa shape index (κ3) is 4.64. The van der Waals surface area contributed by atoms with Gasteiger partial charge in [-0.1, -0.05) is 126 Å². The largest absolute Gasteiger partial charge is 0.455 e. The van der Waals surface area contributed by atoms with E-state index in [9.17, 15) is 0 Å². The molecule has 0 saturated heterocycles. The Kier molecular flexibility index (Phi) is 6.63.